The zero-order valence-electron chi connectivity index (χ0n) is 17.9. The summed E-state index contributed by atoms with van der Waals surface area (Å²) < 4.78 is 11.7. The monoisotopic (exact) mass is 436 g/mol. The molecule has 7 nitrogen and oxygen atoms in total. The molecule has 0 aromatic heterocycles. The van der Waals surface area contributed by atoms with Gasteiger partial charge >= 0.3 is 0 Å². The maximum absolute atomic E-state index is 13.0. The summed E-state index contributed by atoms with van der Waals surface area (Å²) in [5.41, 5.74) is 4.23. The van der Waals surface area contributed by atoms with Gasteiger partial charge in [-0.3, -0.25) is 14.8 Å². The Labute approximate surface area is 187 Å². The van der Waals surface area contributed by atoms with E-state index >= 15 is 0 Å². The van der Waals surface area contributed by atoms with Crippen LogP contribution in [0, 0.1) is 5.92 Å². The number of ether oxygens (including phenoxy) is 2. The fourth-order valence-corrected chi connectivity index (χ4v) is 5.56. The van der Waals surface area contributed by atoms with Gasteiger partial charge < -0.3 is 14.8 Å². The Hall–Kier alpha value is -2.90. The van der Waals surface area contributed by atoms with E-state index in [1.807, 2.05) is 42.5 Å². The maximum atomic E-state index is 13.0. The Morgan fingerprint density at radius 1 is 1.03 bits per heavy atom. The summed E-state index contributed by atoms with van der Waals surface area (Å²) in [5, 5.41) is 12.2. The van der Waals surface area contributed by atoms with Gasteiger partial charge in [-0.05, 0) is 55.9 Å². The average molecular weight is 437 g/mol. The lowest BCUT2D eigenvalue weighted by Gasteiger charge is -2.26. The summed E-state index contributed by atoms with van der Waals surface area (Å²) in [7, 11) is 0. The van der Waals surface area contributed by atoms with Gasteiger partial charge in [0.2, 0.25) is 5.91 Å². The number of nitrogens with one attached hydrogen (secondary N) is 2. The maximum Gasteiger partial charge on any atom is 0.251 e. The van der Waals surface area contributed by atoms with Gasteiger partial charge in [0.05, 0.1) is 18.1 Å². The van der Waals surface area contributed by atoms with Crippen LogP contribution in [-0.4, -0.2) is 41.9 Å². The smallest absolute Gasteiger partial charge is 0.251 e. The van der Waals surface area contributed by atoms with Crippen molar-refractivity contribution in [3.05, 3.63) is 65.2 Å². The van der Waals surface area contributed by atoms with Gasteiger partial charge in [-0.25, -0.2) is 5.48 Å². The highest BCUT2D eigenvalue weighted by molar-refractivity contribution is 5.95. The number of hydrogen-bond donors (Lipinski definition) is 3. The molecule has 1 spiro atoms. The van der Waals surface area contributed by atoms with Gasteiger partial charge in [0.1, 0.15) is 5.75 Å². The molecule has 7 heteroatoms. The van der Waals surface area contributed by atoms with Crippen molar-refractivity contribution in [3.63, 3.8) is 0 Å². The van der Waals surface area contributed by atoms with Crippen LogP contribution >= 0.6 is 0 Å². The molecule has 2 heterocycles. The molecule has 3 N–H and O–H groups in total. The van der Waals surface area contributed by atoms with E-state index in [9.17, 15) is 9.59 Å². The van der Waals surface area contributed by atoms with Gasteiger partial charge in [0.25, 0.3) is 5.91 Å². The summed E-state index contributed by atoms with van der Waals surface area (Å²) in [6.45, 7) is 1.34. The predicted molar refractivity (Wildman–Crippen MR) is 117 cm³/mol. The zero-order chi connectivity index (χ0) is 22.1. The fourth-order valence-electron chi connectivity index (χ4n) is 5.56. The van der Waals surface area contributed by atoms with Crippen LogP contribution < -0.4 is 15.5 Å². The number of benzene rings is 2. The quantitative estimate of drug-likeness (QED) is 0.505. The van der Waals surface area contributed by atoms with E-state index in [2.05, 4.69) is 11.4 Å². The van der Waals surface area contributed by atoms with Crippen molar-refractivity contribution in [1.29, 1.82) is 0 Å². The predicted octanol–water partition coefficient (Wildman–Crippen LogP) is 3.16. The summed E-state index contributed by atoms with van der Waals surface area (Å²) >= 11 is 0. The SMILES string of the molecule is O=C(N[C@@H]1C[C@@]2(CCCO2)C[C@@H]1C(=O)NO)c1ccc(C2CCOc3ccccc32)cc1. The standard InChI is InChI=1S/C25H28N2O5/c28-23(26-21-15-25(11-3-12-32-25)14-20(21)24(29)27-30)17-8-6-16(7-9-17)18-10-13-31-22-5-2-1-4-19(18)22/h1-2,4-9,18,20-21,30H,3,10-15H2,(H,26,28)(H,27,29)/t18?,20-,21+,25+/m0/s1. The van der Waals surface area contributed by atoms with Crippen LogP contribution in [0.4, 0.5) is 0 Å². The van der Waals surface area contributed by atoms with Crippen LogP contribution in [0.3, 0.4) is 0 Å². The van der Waals surface area contributed by atoms with Gasteiger partial charge in [-0.2, -0.15) is 0 Å². The summed E-state index contributed by atoms with van der Waals surface area (Å²) in [6.07, 6.45) is 3.80. The second kappa shape index (κ2) is 8.56. The second-order valence-electron chi connectivity index (χ2n) is 9.06. The summed E-state index contributed by atoms with van der Waals surface area (Å²) in [4.78, 5) is 25.2. The number of carbonyl (C=O) groups is 2. The Morgan fingerprint density at radius 3 is 2.59 bits per heavy atom. The van der Waals surface area contributed by atoms with Crippen molar-refractivity contribution in [3.8, 4) is 5.75 Å². The van der Waals surface area contributed by atoms with Gasteiger partial charge in [0, 0.05) is 29.7 Å². The Bertz CT molecular complexity index is 1000. The average Bonchev–Trinajstić information content (AvgIpc) is 3.44. The molecular weight excluding hydrogens is 408 g/mol. The third-order valence-electron chi connectivity index (χ3n) is 7.15. The molecule has 1 unspecified atom stereocenters. The lowest BCUT2D eigenvalue weighted by molar-refractivity contribution is -0.134. The Morgan fingerprint density at radius 2 is 1.84 bits per heavy atom. The third-order valence-corrected chi connectivity index (χ3v) is 7.15. The zero-order valence-corrected chi connectivity index (χ0v) is 17.9. The number of rotatable bonds is 4. The molecule has 0 radical (unpaired) electrons. The fraction of sp³-hybridized carbons (Fsp3) is 0.440. The number of hydrogen-bond acceptors (Lipinski definition) is 5. The molecule has 4 atom stereocenters. The van der Waals surface area contributed by atoms with Crippen molar-refractivity contribution in [1.82, 2.24) is 10.8 Å². The minimum absolute atomic E-state index is 0.222. The number of carbonyl (C=O) groups excluding carboxylic acids is 2. The van der Waals surface area contributed by atoms with E-state index in [1.165, 1.54) is 5.56 Å². The molecule has 2 amide bonds. The van der Waals surface area contributed by atoms with E-state index in [1.54, 1.807) is 5.48 Å². The summed E-state index contributed by atoms with van der Waals surface area (Å²) in [6, 6.07) is 15.4. The van der Waals surface area contributed by atoms with E-state index in [-0.39, 0.29) is 23.5 Å². The van der Waals surface area contributed by atoms with Crippen LogP contribution in [0.5, 0.6) is 5.75 Å². The Balaban J connectivity index is 1.30. The highest BCUT2D eigenvalue weighted by Gasteiger charge is 2.51. The normalized spacial score (nSPS) is 28.7. The molecule has 2 aromatic rings. The number of para-hydroxylation sites is 1. The van der Waals surface area contributed by atoms with Gasteiger partial charge in [-0.1, -0.05) is 30.3 Å². The molecule has 32 heavy (non-hydrogen) atoms. The highest BCUT2D eigenvalue weighted by atomic mass is 16.5. The molecule has 3 aliphatic rings. The van der Waals surface area contributed by atoms with Crippen molar-refractivity contribution in [2.45, 2.75) is 49.7 Å². The number of amides is 2. The summed E-state index contributed by atoms with van der Waals surface area (Å²) in [5.74, 6) is -0.0528. The van der Waals surface area contributed by atoms with E-state index < -0.39 is 11.8 Å². The van der Waals surface area contributed by atoms with Crippen molar-refractivity contribution >= 4 is 11.8 Å². The van der Waals surface area contributed by atoms with E-state index in [0.717, 1.165) is 30.6 Å². The van der Waals surface area contributed by atoms with Crippen LogP contribution in [-0.2, 0) is 9.53 Å². The topological polar surface area (TPSA) is 96.9 Å². The van der Waals surface area contributed by atoms with Crippen molar-refractivity contribution in [2.24, 2.45) is 5.92 Å². The minimum atomic E-state index is -0.514. The third kappa shape index (κ3) is 3.87. The van der Waals surface area contributed by atoms with Crippen LogP contribution in [0.25, 0.3) is 0 Å². The molecule has 2 fully saturated rings. The largest absolute Gasteiger partial charge is 0.493 e. The van der Waals surface area contributed by atoms with Crippen molar-refractivity contribution < 1.29 is 24.3 Å². The van der Waals surface area contributed by atoms with Crippen LogP contribution in [0.15, 0.2) is 48.5 Å². The molecule has 5 rings (SSSR count). The first kappa shape index (κ1) is 21.0. The molecule has 1 saturated carbocycles. The molecule has 1 aliphatic carbocycles. The van der Waals surface area contributed by atoms with E-state index in [0.29, 0.717) is 31.6 Å². The lowest BCUT2D eigenvalue weighted by Crippen LogP contribution is -2.43. The highest BCUT2D eigenvalue weighted by Crippen LogP contribution is 2.44. The molecule has 2 aliphatic heterocycles. The molecular formula is C25H28N2O5. The first-order chi connectivity index (χ1) is 15.6. The van der Waals surface area contributed by atoms with Gasteiger partial charge in [-0.15, -0.1) is 0 Å². The molecule has 1 saturated heterocycles. The first-order valence-electron chi connectivity index (χ1n) is 11.3. The van der Waals surface area contributed by atoms with Crippen molar-refractivity contribution in [2.75, 3.05) is 13.2 Å². The number of hydroxylamine groups is 1. The second-order valence-corrected chi connectivity index (χ2v) is 9.06. The first-order valence-corrected chi connectivity index (χ1v) is 11.3. The van der Waals surface area contributed by atoms with Crippen LogP contribution in [0.2, 0.25) is 0 Å². The lowest BCUT2D eigenvalue weighted by atomic mass is 9.86. The van der Waals surface area contributed by atoms with Crippen LogP contribution in [0.1, 0.15) is 59.5 Å². The van der Waals surface area contributed by atoms with Gasteiger partial charge in [0.15, 0.2) is 0 Å². The number of fused-ring (bicyclic) bond motifs is 1. The molecule has 0 bridgehead atoms. The minimum Gasteiger partial charge on any atom is -0.493 e. The molecule has 168 valence electrons. The van der Waals surface area contributed by atoms with E-state index in [4.69, 9.17) is 14.7 Å². The molecule has 2 aromatic carbocycles. The Kier molecular flexibility index (Phi) is 5.61.